The van der Waals surface area contributed by atoms with Crippen molar-refractivity contribution in [2.45, 2.75) is 26.7 Å². The van der Waals surface area contributed by atoms with E-state index in [4.69, 9.17) is 11.8 Å². The molecule has 0 aromatic rings. The zero-order chi connectivity index (χ0) is 6.41. The largest absolute Gasteiger partial charge is 0.220 e. The molecule has 0 heterocycles. The van der Waals surface area contributed by atoms with Crippen LogP contribution in [0.15, 0.2) is 0 Å². The summed E-state index contributed by atoms with van der Waals surface area (Å²) in [5.74, 6) is 0. The molecule has 0 fully saturated rings. The van der Waals surface area contributed by atoms with Crippen molar-refractivity contribution < 1.29 is 0 Å². The van der Waals surface area contributed by atoms with Gasteiger partial charge >= 0.3 is 0 Å². The number of nitrogens with zero attached hydrogens (tertiary/aromatic N) is 1. The molecular weight excluding hydrogens is 122 g/mol. The van der Waals surface area contributed by atoms with Gasteiger partial charge in [0.15, 0.2) is 0 Å². The lowest BCUT2D eigenvalue weighted by Crippen LogP contribution is -2.11. The highest BCUT2D eigenvalue weighted by atomic mass is 35.5. The van der Waals surface area contributed by atoms with E-state index in [-0.39, 0.29) is 0 Å². The predicted octanol–water partition coefficient (Wildman–Crippen LogP) is 2.26. The van der Waals surface area contributed by atoms with Gasteiger partial charge in [0.1, 0.15) is 0 Å². The molecule has 0 aliphatic carbocycles. The number of rotatable bonds is 4. The SMILES string of the molecule is CCCCN(Cl)CC. The van der Waals surface area contributed by atoms with Gasteiger partial charge in [0.05, 0.1) is 0 Å². The maximum absolute atomic E-state index is 5.68. The van der Waals surface area contributed by atoms with E-state index in [2.05, 4.69) is 13.8 Å². The maximum atomic E-state index is 5.68. The van der Waals surface area contributed by atoms with Crippen LogP contribution < -0.4 is 0 Å². The summed E-state index contributed by atoms with van der Waals surface area (Å²) >= 11 is 5.68. The lowest BCUT2D eigenvalue weighted by atomic mass is 10.3. The molecular formula is C6H14ClN. The van der Waals surface area contributed by atoms with Gasteiger partial charge in [-0.15, -0.1) is 0 Å². The van der Waals surface area contributed by atoms with E-state index < -0.39 is 0 Å². The number of hydrogen-bond donors (Lipinski definition) is 0. The topological polar surface area (TPSA) is 3.24 Å². The summed E-state index contributed by atoms with van der Waals surface area (Å²) in [7, 11) is 0. The fraction of sp³-hybridized carbons (Fsp3) is 1.00. The van der Waals surface area contributed by atoms with Crippen molar-refractivity contribution in [2.75, 3.05) is 13.1 Å². The Morgan fingerprint density at radius 1 is 1.38 bits per heavy atom. The van der Waals surface area contributed by atoms with Crippen LogP contribution in [0.4, 0.5) is 0 Å². The van der Waals surface area contributed by atoms with E-state index in [1.54, 1.807) is 0 Å². The molecule has 0 rings (SSSR count). The first kappa shape index (κ1) is 8.25. The third-order valence-electron chi connectivity index (χ3n) is 1.10. The van der Waals surface area contributed by atoms with E-state index in [9.17, 15) is 0 Å². The minimum atomic E-state index is 0.946. The molecule has 0 aliphatic heterocycles. The molecule has 0 amide bonds. The van der Waals surface area contributed by atoms with Crippen molar-refractivity contribution in [1.82, 2.24) is 4.42 Å². The van der Waals surface area contributed by atoms with Crippen LogP contribution in [0.5, 0.6) is 0 Å². The highest BCUT2D eigenvalue weighted by molar-refractivity contribution is 6.13. The smallest absolute Gasteiger partial charge is 0.0138 e. The number of hydrogen-bond acceptors (Lipinski definition) is 1. The van der Waals surface area contributed by atoms with Gasteiger partial charge in [-0.2, -0.15) is 0 Å². The molecule has 50 valence electrons. The first-order valence-electron chi connectivity index (χ1n) is 3.22. The number of halogens is 1. The summed E-state index contributed by atoms with van der Waals surface area (Å²) in [5.41, 5.74) is 0. The Balaban J connectivity index is 2.86. The Bertz CT molecular complexity index is 47.8. The Morgan fingerprint density at radius 3 is 2.38 bits per heavy atom. The van der Waals surface area contributed by atoms with Crippen LogP contribution in [0.25, 0.3) is 0 Å². The summed E-state index contributed by atoms with van der Waals surface area (Å²) in [6.45, 7) is 6.19. The highest BCUT2D eigenvalue weighted by Crippen LogP contribution is 1.96. The Morgan fingerprint density at radius 2 is 2.00 bits per heavy atom. The second-order valence-corrected chi connectivity index (χ2v) is 2.33. The molecule has 0 atom stereocenters. The average molecular weight is 136 g/mol. The van der Waals surface area contributed by atoms with Crippen molar-refractivity contribution in [3.8, 4) is 0 Å². The van der Waals surface area contributed by atoms with Gasteiger partial charge in [0, 0.05) is 13.1 Å². The number of unbranched alkanes of at least 4 members (excludes halogenated alkanes) is 1. The predicted molar refractivity (Wildman–Crippen MR) is 38.0 cm³/mol. The van der Waals surface area contributed by atoms with Crippen LogP contribution in [0.2, 0.25) is 0 Å². The molecule has 0 N–H and O–H groups in total. The zero-order valence-electron chi connectivity index (χ0n) is 5.65. The van der Waals surface area contributed by atoms with Gasteiger partial charge in [-0.1, -0.05) is 20.3 Å². The summed E-state index contributed by atoms with van der Waals surface area (Å²) in [4.78, 5) is 0. The monoisotopic (exact) mass is 135 g/mol. The van der Waals surface area contributed by atoms with Gasteiger partial charge in [0.2, 0.25) is 0 Å². The molecule has 1 nitrogen and oxygen atoms in total. The van der Waals surface area contributed by atoms with Crippen molar-refractivity contribution >= 4 is 11.8 Å². The van der Waals surface area contributed by atoms with Crippen LogP contribution in [-0.4, -0.2) is 17.5 Å². The van der Waals surface area contributed by atoms with Crippen molar-refractivity contribution in [1.29, 1.82) is 0 Å². The van der Waals surface area contributed by atoms with Gasteiger partial charge < -0.3 is 0 Å². The van der Waals surface area contributed by atoms with E-state index in [1.165, 1.54) is 12.8 Å². The molecule has 0 saturated carbocycles. The minimum absolute atomic E-state index is 0.946. The fourth-order valence-electron chi connectivity index (χ4n) is 0.488. The third-order valence-corrected chi connectivity index (χ3v) is 1.51. The van der Waals surface area contributed by atoms with Crippen molar-refractivity contribution in [3.63, 3.8) is 0 Å². The molecule has 0 saturated heterocycles. The third kappa shape index (κ3) is 4.41. The van der Waals surface area contributed by atoms with Gasteiger partial charge in [-0.25, -0.2) is 4.42 Å². The molecule has 0 bridgehead atoms. The second kappa shape index (κ2) is 5.39. The zero-order valence-corrected chi connectivity index (χ0v) is 6.41. The van der Waals surface area contributed by atoms with Gasteiger partial charge in [-0.05, 0) is 18.2 Å². The quantitative estimate of drug-likeness (QED) is 0.535. The molecule has 8 heavy (non-hydrogen) atoms. The molecule has 0 spiro atoms. The summed E-state index contributed by atoms with van der Waals surface area (Å²) in [6, 6.07) is 0. The molecule has 2 heteroatoms. The first-order chi connectivity index (χ1) is 3.81. The van der Waals surface area contributed by atoms with Crippen molar-refractivity contribution in [2.24, 2.45) is 0 Å². The molecule has 0 aromatic heterocycles. The van der Waals surface area contributed by atoms with E-state index in [1.807, 2.05) is 4.42 Å². The highest BCUT2D eigenvalue weighted by Gasteiger charge is 1.92. The Hall–Kier alpha value is 0.250. The average Bonchev–Trinajstić information content (AvgIpc) is 1.83. The molecule has 0 aliphatic rings. The van der Waals surface area contributed by atoms with E-state index >= 15 is 0 Å². The normalized spacial score (nSPS) is 10.5. The van der Waals surface area contributed by atoms with E-state index in [0.717, 1.165) is 13.1 Å². The van der Waals surface area contributed by atoms with Crippen LogP contribution in [0.3, 0.4) is 0 Å². The van der Waals surface area contributed by atoms with Crippen LogP contribution in [-0.2, 0) is 0 Å². The van der Waals surface area contributed by atoms with Gasteiger partial charge in [-0.3, -0.25) is 0 Å². The van der Waals surface area contributed by atoms with Crippen molar-refractivity contribution in [3.05, 3.63) is 0 Å². The summed E-state index contributed by atoms with van der Waals surface area (Å²) in [6.07, 6.45) is 2.43. The van der Waals surface area contributed by atoms with Gasteiger partial charge in [0.25, 0.3) is 0 Å². The van der Waals surface area contributed by atoms with Crippen LogP contribution in [0.1, 0.15) is 26.7 Å². The minimum Gasteiger partial charge on any atom is -0.220 e. The Kier molecular flexibility index (Phi) is 5.56. The standard InChI is InChI=1S/C6H14ClN/c1-3-5-6-8(7)4-2/h3-6H2,1-2H3. The lowest BCUT2D eigenvalue weighted by molar-refractivity contribution is 0.463. The second-order valence-electron chi connectivity index (χ2n) is 1.86. The summed E-state index contributed by atoms with van der Waals surface area (Å²) in [5, 5.41) is 0. The first-order valence-corrected chi connectivity index (χ1v) is 3.55. The summed E-state index contributed by atoms with van der Waals surface area (Å²) < 4.78 is 1.81. The van der Waals surface area contributed by atoms with Crippen LogP contribution in [0, 0.1) is 0 Å². The molecule has 0 unspecified atom stereocenters. The molecule has 0 aromatic carbocycles. The van der Waals surface area contributed by atoms with Crippen LogP contribution >= 0.6 is 11.8 Å². The lowest BCUT2D eigenvalue weighted by Gasteiger charge is -2.07. The maximum Gasteiger partial charge on any atom is 0.0138 e. The fourth-order valence-corrected chi connectivity index (χ4v) is 0.607. The molecule has 0 radical (unpaired) electrons. The Labute approximate surface area is 56.7 Å². The van der Waals surface area contributed by atoms with E-state index in [0.29, 0.717) is 0 Å².